The highest BCUT2D eigenvalue weighted by Crippen LogP contribution is 2.40. The summed E-state index contributed by atoms with van der Waals surface area (Å²) >= 11 is 0. The molecule has 160 valence electrons. The molecule has 1 atom stereocenters. The highest BCUT2D eigenvalue weighted by molar-refractivity contribution is 5.90. The number of ether oxygens (including phenoxy) is 2. The van der Waals surface area contributed by atoms with Crippen LogP contribution in [0.5, 0.6) is 5.75 Å². The first-order chi connectivity index (χ1) is 14.9. The molecule has 5 rings (SSSR count). The molecule has 0 spiro atoms. The van der Waals surface area contributed by atoms with Gasteiger partial charge in [-0.3, -0.25) is 4.79 Å². The van der Waals surface area contributed by atoms with E-state index in [-0.39, 0.29) is 29.7 Å². The third kappa shape index (κ3) is 2.65. The second kappa shape index (κ2) is 6.90. The van der Waals surface area contributed by atoms with Crippen LogP contribution in [0.15, 0.2) is 29.1 Å². The molecule has 2 aliphatic heterocycles. The van der Waals surface area contributed by atoms with Crippen LogP contribution in [0.1, 0.15) is 35.6 Å². The smallest absolute Gasteiger partial charge is 0.343 e. The fraction of sp³-hybridized carbons (Fsp3) is 0.348. The number of carbonyl (C=O) groups excluding carboxylic acids is 1. The van der Waals surface area contributed by atoms with Crippen molar-refractivity contribution in [1.82, 2.24) is 9.55 Å². The lowest BCUT2D eigenvalue weighted by molar-refractivity contribution is -0.173. The monoisotopic (exact) mass is 422 g/mol. The highest BCUT2D eigenvalue weighted by Gasteiger charge is 2.46. The molecule has 31 heavy (non-hydrogen) atoms. The van der Waals surface area contributed by atoms with Gasteiger partial charge in [-0.1, -0.05) is 6.92 Å². The van der Waals surface area contributed by atoms with Gasteiger partial charge >= 0.3 is 5.97 Å². The molecule has 8 nitrogen and oxygen atoms in total. The normalized spacial score (nSPS) is 19.0. The molecule has 0 aliphatic carbocycles. The van der Waals surface area contributed by atoms with Gasteiger partial charge in [-0.25, -0.2) is 9.78 Å². The number of aryl methyl sites for hydroxylation is 1. The first-order valence-corrected chi connectivity index (χ1v) is 10.2. The summed E-state index contributed by atoms with van der Waals surface area (Å²) < 4.78 is 12.1. The second-order valence-electron chi connectivity index (χ2n) is 7.88. The van der Waals surface area contributed by atoms with Crippen molar-refractivity contribution in [2.45, 2.75) is 38.5 Å². The number of fused-ring (bicyclic) bond motifs is 5. The third-order valence-corrected chi connectivity index (χ3v) is 6.33. The molecular weight excluding hydrogens is 400 g/mol. The topological polar surface area (TPSA) is 111 Å². The van der Waals surface area contributed by atoms with Crippen LogP contribution in [0.25, 0.3) is 22.3 Å². The Morgan fingerprint density at radius 2 is 2.06 bits per heavy atom. The molecule has 2 aliphatic rings. The van der Waals surface area contributed by atoms with Gasteiger partial charge < -0.3 is 24.3 Å². The largest absolute Gasteiger partial charge is 0.497 e. The van der Waals surface area contributed by atoms with Gasteiger partial charge in [0, 0.05) is 29.5 Å². The van der Waals surface area contributed by atoms with Crippen molar-refractivity contribution in [1.29, 1.82) is 0 Å². The molecule has 8 heteroatoms. The zero-order valence-corrected chi connectivity index (χ0v) is 17.3. The number of carbonyl (C=O) groups is 1. The van der Waals surface area contributed by atoms with Gasteiger partial charge in [-0.15, -0.1) is 0 Å². The second-order valence-corrected chi connectivity index (χ2v) is 7.88. The van der Waals surface area contributed by atoms with E-state index in [0.717, 1.165) is 34.2 Å². The SMILES string of the molecule is CCc1c2c(nc3ccc(OC)cc13)-c1cc3c(c(=O)n1C2)COC(=O)[C@]3(O)CCO. The number of benzene rings is 1. The summed E-state index contributed by atoms with van der Waals surface area (Å²) in [5, 5.41) is 21.4. The van der Waals surface area contributed by atoms with Crippen molar-refractivity contribution in [3.05, 3.63) is 56.9 Å². The van der Waals surface area contributed by atoms with Crippen molar-refractivity contribution < 1.29 is 24.5 Å². The molecule has 2 aromatic heterocycles. The van der Waals surface area contributed by atoms with Crippen molar-refractivity contribution in [3.63, 3.8) is 0 Å². The molecule has 1 aromatic carbocycles. The first kappa shape index (κ1) is 19.7. The first-order valence-electron chi connectivity index (χ1n) is 10.2. The Bertz CT molecular complexity index is 1310. The van der Waals surface area contributed by atoms with E-state index in [2.05, 4.69) is 6.92 Å². The molecule has 0 fully saturated rings. The van der Waals surface area contributed by atoms with Crippen LogP contribution in [0.4, 0.5) is 0 Å². The van der Waals surface area contributed by atoms with Crippen molar-refractivity contribution >= 4 is 16.9 Å². The fourth-order valence-electron chi connectivity index (χ4n) is 4.74. The van der Waals surface area contributed by atoms with E-state index in [1.165, 1.54) is 0 Å². The Morgan fingerprint density at radius 3 is 2.77 bits per heavy atom. The van der Waals surface area contributed by atoms with E-state index >= 15 is 0 Å². The van der Waals surface area contributed by atoms with Gasteiger partial charge in [0.1, 0.15) is 12.4 Å². The predicted molar refractivity (Wildman–Crippen MR) is 112 cm³/mol. The summed E-state index contributed by atoms with van der Waals surface area (Å²) in [5.74, 6) is -0.124. The van der Waals surface area contributed by atoms with Crippen LogP contribution >= 0.6 is 0 Å². The van der Waals surface area contributed by atoms with Gasteiger partial charge in [0.25, 0.3) is 5.56 Å². The number of esters is 1. The van der Waals surface area contributed by atoms with Crippen LogP contribution in [0.3, 0.4) is 0 Å². The van der Waals surface area contributed by atoms with Gasteiger partial charge in [-0.2, -0.15) is 0 Å². The minimum atomic E-state index is -2.06. The lowest BCUT2D eigenvalue weighted by Crippen LogP contribution is -2.45. The molecule has 0 amide bonds. The van der Waals surface area contributed by atoms with E-state index in [1.807, 2.05) is 18.2 Å². The Labute approximate surface area is 177 Å². The van der Waals surface area contributed by atoms with Crippen molar-refractivity contribution in [2.75, 3.05) is 13.7 Å². The molecule has 0 saturated carbocycles. The maximum Gasteiger partial charge on any atom is 0.343 e. The van der Waals surface area contributed by atoms with Gasteiger partial charge in [-0.05, 0) is 36.2 Å². The molecular formula is C23H22N2O6. The molecule has 0 saturated heterocycles. The maximum absolute atomic E-state index is 13.3. The summed E-state index contributed by atoms with van der Waals surface area (Å²) in [6.45, 7) is 1.78. The van der Waals surface area contributed by atoms with Crippen molar-refractivity contribution in [2.24, 2.45) is 0 Å². The quantitative estimate of drug-likeness (QED) is 0.481. The van der Waals surface area contributed by atoms with E-state index in [9.17, 15) is 19.8 Å². The number of methoxy groups -OCH3 is 1. The summed E-state index contributed by atoms with van der Waals surface area (Å²) in [6.07, 6.45) is 0.493. The van der Waals surface area contributed by atoms with Gasteiger partial charge in [0.15, 0.2) is 5.60 Å². The van der Waals surface area contributed by atoms with Gasteiger partial charge in [0.05, 0.1) is 36.1 Å². The lowest BCUT2D eigenvalue weighted by atomic mass is 9.85. The fourth-order valence-corrected chi connectivity index (χ4v) is 4.74. The van der Waals surface area contributed by atoms with Crippen LogP contribution in [0.2, 0.25) is 0 Å². The Hall–Kier alpha value is -3.23. The number of nitrogens with zero attached hydrogens (tertiary/aromatic N) is 2. The number of aliphatic hydroxyl groups excluding tert-OH is 1. The van der Waals surface area contributed by atoms with E-state index in [0.29, 0.717) is 17.9 Å². The molecule has 2 N–H and O–H groups in total. The van der Waals surface area contributed by atoms with Crippen LogP contribution < -0.4 is 10.3 Å². The van der Waals surface area contributed by atoms with E-state index in [4.69, 9.17) is 14.5 Å². The summed E-state index contributed by atoms with van der Waals surface area (Å²) in [5.41, 5.74) is 2.07. The van der Waals surface area contributed by atoms with Gasteiger partial charge in [0.2, 0.25) is 0 Å². The number of aliphatic hydroxyl groups is 2. The average molecular weight is 422 g/mol. The van der Waals surface area contributed by atoms with Crippen LogP contribution in [0, 0.1) is 0 Å². The lowest BCUT2D eigenvalue weighted by Gasteiger charge is -2.32. The number of rotatable bonds is 4. The number of hydrogen-bond donors (Lipinski definition) is 2. The summed E-state index contributed by atoms with van der Waals surface area (Å²) in [7, 11) is 1.62. The Morgan fingerprint density at radius 1 is 1.26 bits per heavy atom. The Kier molecular flexibility index (Phi) is 4.39. The highest BCUT2D eigenvalue weighted by atomic mass is 16.6. The standard InChI is InChI=1S/C23H22N2O6/c1-3-13-14-8-12(30-2)4-5-18(14)24-20-15(13)10-25-19(20)9-17-16(21(25)27)11-31-22(28)23(17,29)6-7-26/h4-5,8-9,26,29H,3,6-7,10-11H2,1-2H3/t23-/m0/s1. The van der Waals surface area contributed by atoms with E-state index in [1.54, 1.807) is 17.7 Å². The minimum absolute atomic E-state index is 0.191. The molecule has 0 bridgehead atoms. The van der Waals surface area contributed by atoms with E-state index < -0.39 is 18.2 Å². The molecule has 4 heterocycles. The minimum Gasteiger partial charge on any atom is -0.497 e. The molecule has 0 unspecified atom stereocenters. The van der Waals surface area contributed by atoms with Crippen molar-refractivity contribution in [3.8, 4) is 17.1 Å². The molecule has 0 radical (unpaired) electrons. The number of cyclic esters (lactones) is 1. The number of hydrogen-bond acceptors (Lipinski definition) is 7. The third-order valence-electron chi connectivity index (χ3n) is 6.33. The number of aromatic nitrogens is 2. The van der Waals surface area contributed by atoms with Crippen LogP contribution in [-0.4, -0.2) is 39.5 Å². The zero-order valence-electron chi connectivity index (χ0n) is 17.3. The number of pyridine rings is 2. The van der Waals surface area contributed by atoms with Crippen LogP contribution in [-0.2, 0) is 34.7 Å². The Balaban J connectivity index is 1.79. The average Bonchev–Trinajstić information content (AvgIpc) is 3.13. The maximum atomic E-state index is 13.3. The zero-order chi connectivity index (χ0) is 21.9. The summed E-state index contributed by atoms with van der Waals surface area (Å²) in [4.78, 5) is 30.5. The summed E-state index contributed by atoms with van der Waals surface area (Å²) in [6, 6.07) is 7.32. The molecule has 3 aromatic rings. The predicted octanol–water partition coefficient (Wildman–Crippen LogP) is 1.62.